The van der Waals surface area contributed by atoms with Gasteiger partial charge in [0.1, 0.15) is 29.5 Å². The smallest absolute Gasteiger partial charge is 0.351 e. The molecule has 2 aromatic heterocycles. The molecule has 37 heavy (non-hydrogen) atoms. The topological polar surface area (TPSA) is 92.3 Å². The Morgan fingerprint density at radius 2 is 1.76 bits per heavy atom. The molecule has 1 fully saturated rings. The summed E-state index contributed by atoms with van der Waals surface area (Å²) in [5.41, 5.74) is -0.972. The minimum atomic E-state index is -4.64. The fourth-order valence-electron chi connectivity index (χ4n) is 3.79. The van der Waals surface area contributed by atoms with Gasteiger partial charge in [-0.25, -0.2) is 21.6 Å². The number of amides is 1. The van der Waals surface area contributed by atoms with Crippen LogP contribution in [0.1, 0.15) is 17.7 Å². The number of pyridine rings is 2. The van der Waals surface area contributed by atoms with E-state index in [0.717, 1.165) is 48.8 Å². The lowest BCUT2D eigenvalue weighted by molar-refractivity contribution is -0.141. The second-order valence-electron chi connectivity index (χ2n) is 8.19. The van der Waals surface area contributed by atoms with Gasteiger partial charge in [0.25, 0.3) is 0 Å². The number of benzene rings is 1. The lowest BCUT2D eigenvalue weighted by atomic mass is 10.1. The lowest BCUT2D eigenvalue weighted by Crippen LogP contribution is -2.45. The molecule has 0 bridgehead atoms. The van der Waals surface area contributed by atoms with Crippen molar-refractivity contribution in [1.82, 2.24) is 19.6 Å². The molecular formula is C23H18F6N4O3S. The van der Waals surface area contributed by atoms with Crippen molar-refractivity contribution in [3.63, 3.8) is 0 Å². The third kappa shape index (κ3) is 5.74. The average molecular weight is 544 g/mol. The summed E-state index contributed by atoms with van der Waals surface area (Å²) in [4.78, 5) is 19.6. The number of nitrogens with one attached hydrogen (secondary N) is 1. The summed E-state index contributed by atoms with van der Waals surface area (Å²) >= 11 is 0. The fourth-order valence-corrected chi connectivity index (χ4v) is 5.41. The molecule has 3 aromatic rings. The highest BCUT2D eigenvalue weighted by molar-refractivity contribution is 7.89. The minimum Gasteiger partial charge on any atom is -0.351 e. The number of hydrogen-bond donors (Lipinski definition) is 1. The molecule has 1 aliphatic rings. The molecule has 14 heteroatoms. The Morgan fingerprint density at radius 3 is 2.38 bits per heavy atom. The highest BCUT2D eigenvalue weighted by Crippen LogP contribution is 2.30. The number of carbonyl (C=O) groups excluding carboxylic acids is 1. The van der Waals surface area contributed by atoms with Gasteiger partial charge in [-0.2, -0.15) is 17.5 Å². The molecule has 1 saturated heterocycles. The van der Waals surface area contributed by atoms with Crippen LogP contribution in [0.3, 0.4) is 0 Å². The van der Waals surface area contributed by atoms with E-state index in [1.165, 1.54) is 6.07 Å². The second-order valence-corrected chi connectivity index (χ2v) is 10.1. The van der Waals surface area contributed by atoms with Crippen LogP contribution in [-0.4, -0.2) is 47.4 Å². The number of halogens is 6. The fraction of sp³-hybridized carbons (Fsp3) is 0.261. The molecule has 196 valence electrons. The zero-order chi connectivity index (χ0) is 27.0. The van der Waals surface area contributed by atoms with Crippen molar-refractivity contribution in [3.8, 4) is 11.3 Å². The first-order valence-corrected chi connectivity index (χ1v) is 12.2. The SMILES string of the molecule is O=C(NCc1cc(-c2ccc(C(F)(F)F)nc2)ncc1F)[C@@H]1C[C@@H](F)CN1S(=O)(=O)c1ccc(F)cc1. The number of alkyl halides is 4. The van der Waals surface area contributed by atoms with Crippen molar-refractivity contribution in [3.05, 3.63) is 77.8 Å². The van der Waals surface area contributed by atoms with Gasteiger partial charge in [-0.05, 0) is 42.5 Å². The van der Waals surface area contributed by atoms with E-state index in [4.69, 9.17) is 0 Å². The summed E-state index contributed by atoms with van der Waals surface area (Å²) in [6.45, 7) is -1.03. The van der Waals surface area contributed by atoms with E-state index in [1.807, 2.05) is 0 Å². The zero-order valence-electron chi connectivity index (χ0n) is 18.7. The van der Waals surface area contributed by atoms with Gasteiger partial charge in [0.15, 0.2) is 0 Å². The lowest BCUT2D eigenvalue weighted by Gasteiger charge is -2.23. The molecule has 1 aromatic carbocycles. The monoisotopic (exact) mass is 544 g/mol. The molecule has 0 spiro atoms. The number of sulfonamides is 1. The molecule has 0 radical (unpaired) electrons. The molecule has 2 atom stereocenters. The van der Waals surface area contributed by atoms with E-state index in [-0.39, 0.29) is 21.7 Å². The molecule has 0 aliphatic carbocycles. The molecule has 0 unspecified atom stereocenters. The van der Waals surface area contributed by atoms with E-state index in [9.17, 15) is 39.6 Å². The van der Waals surface area contributed by atoms with Crippen LogP contribution in [0.25, 0.3) is 11.3 Å². The van der Waals surface area contributed by atoms with Gasteiger partial charge in [-0.1, -0.05) is 0 Å². The molecule has 0 saturated carbocycles. The van der Waals surface area contributed by atoms with Crippen LogP contribution in [0.5, 0.6) is 0 Å². The van der Waals surface area contributed by atoms with Crippen molar-refractivity contribution in [2.45, 2.75) is 36.3 Å². The molecule has 4 rings (SSSR count). The Labute approximate surface area is 207 Å². The molecule has 3 heterocycles. The first-order chi connectivity index (χ1) is 17.4. The first-order valence-electron chi connectivity index (χ1n) is 10.7. The predicted molar refractivity (Wildman–Crippen MR) is 118 cm³/mol. The van der Waals surface area contributed by atoms with Gasteiger partial charge in [-0.3, -0.25) is 14.8 Å². The highest BCUT2D eigenvalue weighted by atomic mass is 32.2. The molecule has 1 aliphatic heterocycles. The molecular weight excluding hydrogens is 526 g/mol. The molecule has 1 N–H and O–H groups in total. The maximum Gasteiger partial charge on any atom is 0.433 e. The summed E-state index contributed by atoms with van der Waals surface area (Å²) in [6.07, 6.45) is -4.98. The third-order valence-electron chi connectivity index (χ3n) is 5.67. The standard InChI is InChI=1S/C23H18F6N4O3S/c24-15-2-4-17(5-3-15)37(35,36)33-12-16(25)8-20(33)22(34)32-10-14-7-19(30-11-18(14)26)13-1-6-21(31-9-13)23(27,28)29/h1-7,9,11,16,20H,8,10,12H2,(H,32,34)/t16-,20+/m1/s1. The Morgan fingerprint density at radius 1 is 1.05 bits per heavy atom. The summed E-state index contributed by atoms with van der Waals surface area (Å²) in [5.74, 6) is -2.40. The van der Waals surface area contributed by atoms with E-state index >= 15 is 0 Å². The quantitative estimate of drug-likeness (QED) is 0.476. The van der Waals surface area contributed by atoms with Crippen molar-refractivity contribution in [1.29, 1.82) is 0 Å². The Balaban J connectivity index is 1.50. The van der Waals surface area contributed by atoms with Gasteiger partial charge >= 0.3 is 6.18 Å². The van der Waals surface area contributed by atoms with Crippen LogP contribution in [0, 0.1) is 11.6 Å². The normalized spacial score (nSPS) is 18.6. The summed E-state index contributed by atoms with van der Waals surface area (Å²) < 4.78 is 106. The maximum absolute atomic E-state index is 14.3. The number of hydrogen-bond acceptors (Lipinski definition) is 5. The number of aromatic nitrogens is 2. The van der Waals surface area contributed by atoms with E-state index in [2.05, 4.69) is 15.3 Å². The van der Waals surface area contributed by atoms with Crippen LogP contribution in [0.15, 0.2) is 59.8 Å². The van der Waals surface area contributed by atoms with Gasteiger partial charge in [0.05, 0.1) is 16.8 Å². The van der Waals surface area contributed by atoms with Crippen LogP contribution in [0.2, 0.25) is 0 Å². The van der Waals surface area contributed by atoms with Gasteiger partial charge < -0.3 is 5.32 Å². The first kappa shape index (κ1) is 26.5. The van der Waals surface area contributed by atoms with Gasteiger partial charge in [0, 0.05) is 36.8 Å². The van der Waals surface area contributed by atoms with Crippen LogP contribution >= 0.6 is 0 Å². The van der Waals surface area contributed by atoms with Gasteiger partial charge in [0.2, 0.25) is 15.9 Å². The van der Waals surface area contributed by atoms with Gasteiger partial charge in [-0.15, -0.1) is 0 Å². The number of nitrogens with zero attached hydrogens (tertiary/aromatic N) is 3. The van der Waals surface area contributed by atoms with Crippen molar-refractivity contribution in [2.75, 3.05) is 6.54 Å². The largest absolute Gasteiger partial charge is 0.433 e. The summed E-state index contributed by atoms with van der Waals surface area (Å²) in [5, 5.41) is 2.37. The third-order valence-corrected chi connectivity index (χ3v) is 7.55. The summed E-state index contributed by atoms with van der Waals surface area (Å²) in [6, 6.07) is 5.43. The zero-order valence-corrected chi connectivity index (χ0v) is 19.5. The molecule has 7 nitrogen and oxygen atoms in total. The van der Waals surface area contributed by atoms with E-state index in [1.54, 1.807) is 0 Å². The predicted octanol–water partition coefficient (Wildman–Crippen LogP) is 3.86. The summed E-state index contributed by atoms with van der Waals surface area (Å²) in [7, 11) is -4.34. The van der Waals surface area contributed by atoms with Crippen molar-refractivity contribution < 1.29 is 39.6 Å². The second kappa shape index (κ2) is 10.1. The van der Waals surface area contributed by atoms with Crippen LogP contribution in [0.4, 0.5) is 26.3 Å². The van der Waals surface area contributed by atoms with Crippen molar-refractivity contribution in [2.24, 2.45) is 0 Å². The van der Waals surface area contributed by atoms with Crippen LogP contribution < -0.4 is 5.32 Å². The Bertz CT molecular complexity index is 1400. The van der Waals surface area contributed by atoms with Crippen molar-refractivity contribution >= 4 is 15.9 Å². The Kier molecular flexibility index (Phi) is 7.24. The Hall–Kier alpha value is -3.52. The number of carbonyl (C=O) groups is 1. The highest BCUT2D eigenvalue weighted by Gasteiger charge is 2.44. The van der Waals surface area contributed by atoms with Crippen LogP contribution in [-0.2, 0) is 27.5 Å². The van der Waals surface area contributed by atoms with E-state index < -0.39 is 71.2 Å². The maximum atomic E-state index is 14.3. The number of rotatable bonds is 6. The average Bonchev–Trinajstić information content (AvgIpc) is 3.26. The minimum absolute atomic E-state index is 0.0806. The van der Waals surface area contributed by atoms with E-state index in [0.29, 0.717) is 4.31 Å². The molecule has 1 amide bonds.